The summed E-state index contributed by atoms with van der Waals surface area (Å²) < 4.78 is 13.0. The van der Waals surface area contributed by atoms with Crippen LogP contribution in [0.2, 0.25) is 0 Å². The van der Waals surface area contributed by atoms with Gasteiger partial charge in [0, 0.05) is 25.4 Å². The molecule has 1 aliphatic heterocycles. The van der Waals surface area contributed by atoms with E-state index in [1.807, 2.05) is 11.0 Å². The standard InChI is InChI=1S/C15H17FN2O/c16-14-3-1-2-12(10-14)4-5-15(19)18-8-6-13(11-17)7-9-18/h1-3,10,13H,4-9H2. The predicted octanol–water partition coefficient (Wildman–Crippen LogP) is 2.52. The zero-order valence-electron chi connectivity index (χ0n) is 10.8. The molecule has 0 aliphatic carbocycles. The number of nitrogens with zero attached hydrogens (tertiary/aromatic N) is 2. The smallest absolute Gasteiger partial charge is 0.222 e. The number of benzene rings is 1. The fourth-order valence-electron chi connectivity index (χ4n) is 2.36. The van der Waals surface area contributed by atoms with Gasteiger partial charge < -0.3 is 4.90 Å². The third-order valence-electron chi connectivity index (χ3n) is 3.55. The zero-order chi connectivity index (χ0) is 13.7. The quantitative estimate of drug-likeness (QED) is 0.838. The predicted molar refractivity (Wildman–Crippen MR) is 69.6 cm³/mol. The summed E-state index contributed by atoms with van der Waals surface area (Å²) in [6, 6.07) is 8.61. The van der Waals surface area contributed by atoms with Gasteiger partial charge in [0.15, 0.2) is 0 Å². The molecule has 1 aromatic rings. The van der Waals surface area contributed by atoms with Crippen molar-refractivity contribution in [1.29, 1.82) is 5.26 Å². The highest BCUT2D eigenvalue weighted by atomic mass is 19.1. The van der Waals surface area contributed by atoms with E-state index in [2.05, 4.69) is 6.07 Å². The molecule has 0 N–H and O–H groups in total. The molecule has 3 nitrogen and oxygen atoms in total. The topological polar surface area (TPSA) is 44.1 Å². The summed E-state index contributed by atoms with van der Waals surface area (Å²) in [5, 5.41) is 8.80. The van der Waals surface area contributed by atoms with E-state index >= 15 is 0 Å². The number of carbonyl (C=O) groups excluding carboxylic acids is 1. The maximum absolute atomic E-state index is 13.0. The Kier molecular flexibility index (Phi) is 4.51. The Balaban J connectivity index is 1.81. The minimum Gasteiger partial charge on any atom is -0.343 e. The number of hydrogen-bond donors (Lipinski definition) is 0. The highest BCUT2D eigenvalue weighted by Crippen LogP contribution is 2.17. The van der Waals surface area contributed by atoms with Gasteiger partial charge in [0.05, 0.1) is 6.07 Å². The van der Waals surface area contributed by atoms with Gasteiger partial charge in [0.2, 0.25) is 5.91 Å². The molecule has 0 spiro atoms. The van der Waals surface area contributed by atoms with Crippen LogP contribution >= 0.6 is 0 Å². The number of amides is 1. The lowest BCUT2D eigenvalue weighted by Crippen LogP contribution is -2.38. The first-order valence-corrected chi connectivity index (χ1v) is 6.61. The average molecular weight is 260 g/mol. The summed E-state index contributed by atoms with van der Waals surface area (Å²) in [6.07, 6.45) is 2.50. The molecule has 1 heterocycles. The molecule has 100 valence electrons. The normalized spacial score (nSPS) is 16.1. The summed E-state index contributed by atoms with van der Waals surface area (Å²) in [7, 11) is 0. The second kappa shape index (κ2) is 6.33. The molecule has 0 bridgehead atoms. The van der Waals surface area contributed by atoms with Crippen molar-refractivity contribution in [2.75, 3.05) is 13.1 Å². The lowest BCUT2D eigenvalue weighted by atomic mass is 9.98. The number of hydrogen-bond acceptors (Lipinski definition) is 2. The molecule has 0 aromatic heterocycles. The maximum atomic E-state index is 13.0. The van der Waals surface area contributed by atoms with Crippen molar-refractivity contribution in [2.45, 2.75) is 25.7 Å². The Labute approximate surface area is 112 Å². The highest BCUT2D eigenvalue weighted by Gasteiger charge is 2.21. The number of piperidine rings is 1. The van der Waals surface area contributed by atoms with Gasteiger partial charge in [-0.25, -0.2) is 4.39 Å². The fraction of sp³-hybridized carbons (Fsp3) is 0.467. The summed E-state index contributed by atoms with van der Waals surface area (Å²) in [5.41, 5.74) is 0.847. The molecular formula is C15H17FN2O. The van der Waals surface area contributed by atoms with E-state index in [1.165, 1.54) is 12.1 Å². The fourth-order valence-corrected chi connectivity index (χ4v) is 2.36. The largest absolute Gasteiger partial charge is 0.343 e. The Bertz CT molecular complexity index is 487. The van der Waals surface area contributed by atoms with Crippen molar-refractivity contribution in [3.05, 3.63) is 35.6 Å². The van der Waals surface area contributed by atoms with Crippen molar-refractivity contribution in [1.82, 2.24) is 4.90 Å². The van der Waals surface area contributed by atoms with Crippen molar-refractivity contribution in [2.24, 2.45) is 5.92 Å². The van der Waals surface area contributed by atoms with Crippen molar-refractivity contribution >= 4 is 5.91 Å². The summed E-state index contributed by atoms with van der Waals surface area (Å²) in [5.74, 6) is -0.0762. The number of carbonyl (C=O) groups is 1. The van der Waals surface area contributed by atoms with Gasteiger partial charge in [0.25, 0.3) is 0 Å². The van der Waals surface area contributed by atoms with Crippen LogP contribution in [0.15, 0.2) is 24.3 Å². The molecule has 1 fully saturated rings. The van der Waals surface area contributed by atoms with Crippen LogP contribution in [0.5, 0.6) is 0 Å². The van der Waals surface area contributed by atoms with E-state index in [0.717, 1.165) is 18.4 Å². The number of likely N-dealkylation sites (tertiary alicyclic amines) is 1. The van der Waals surface area contributed by atoms with Crippen LogP contribution in [-0.2, 0) is 11.2 Å². The average Bonchev–Trinajstić information content (AvgIpc) is 2.45. The van der Waals surface area contributed by atoms with Crippen LogP contribution in [-0.4, -0.2) is 23.9 Å². The third-order valence-corrected chi connectivity index (χ3v) is 3.55. The van der Waals surface area contributed by atoms with Gasteiger partial charge in [-0.1, -0.05) is 12.1 Å². The molecule has 0 unspecified atom stereocenters. The van der Waals surface area contributed by atoms with Crippen molar-refractivity contribution < 1.29 is 9.18 Å². The minimum absolute atomic E-state index is 0.0901. The Hall–Kier alpha value is -1.89. The minimum atomic E-state index is -0.264. The van der Waals surface area contributed by atoms with Crippen molar-refractivity contribution in [3.8, 4) is 6.07 Å². The number of nitriles is 1. The molecule has 0 radical (unpaired) electrons. The Morgan fingerprint density at radius 1 is 1.42 bits per heavy atom. The molecule has 0 saturated carbocycles. The molecule has 1 aromatic carbocycles. The zero-order valence-corrected chi connectivity index (χ0v) is 10.8. The second-order valence-corrected chi connectivity index (χ2v) is 4.91. The maximum Gasteiger partial charge on any atom is 0.222 e. The van der Waals surface area contributed by atoms with Gasteiger partial charge in [-0.05, 0) is 37.0 Å². The summed E-state index contributed by atoms with van der Waals surface area (Å²) in [4.78, 5) is 13.8. The monoisotopic (exact) mass is 260 g/mol. The highest BCUT2D eigenvalue weighted by molar-refractivity contribution is 5.76. The lowest BCUT2D eigenvalue weighted by Gasteiger charge is -2.29. The van der Waals surface area contributed by atoms with Gasteiger partial charge in [-0.2, -0.15) is 5.26 Å². The van der Waals surface area contributed by atoms with E-state index < -0.39 is 0 Å². The van der Waals surface area contributed by atoms with Crippen molar-refractivity contribution in [3.63, 3.8) is 0 Å². The number of aryl methyl sites for hydroxylation is 1. The van der Waals surface area contributed by atoms with E-state index in [-0.39, 0.29) is 17.6 Å². The SMILES string of the molecule is N#CC1CCN(C(=O)CCc2cccc(F)c2)CC1. The van der Waals surface area contributed by atoms with E-state index in [0.29, 0.717) is 25.9 Å². The van der Waals surface area contributed by atoms with E-state index in [4.69, 9.17) is 5.26 Å². The van der Waals surface area contributed by atoms with Crippen LogP contribution in [0.25, 0.3) is 0 Å². The number of halogens is 1. The molecule has 19 heavy (non-hydrogen) atoms. The van der Waals surface area contributed by atoms with Crippen LogP contribution in [0.4, 0.5) is 4.39 Å². The Morgan fingerprint density at radius 2 is 2.16 bits per heavy atom. The van der Waals surface area contributed by atoms with Gasteiger partial charge >= 0.3 is 0 Å². The van der Waals surface area contributed by atoms with Gasteiger partial charge in [0.1, 0.15) is 5.82 Å². The van der Waals surface area contributed by atoms with Crippen LogP contribution in [0.1, 0.15) is 24.8 Å². The molecule has 1 saturated heterocycles. The molecule has 1 aliphatic rings. The molecule has 4 heteroatoms. The summed E-state index contributed by atoms with van der Waals surface area (Å²) >= 11 is 0. The molecule has 0 atom stereocenters. The lowest BCUT2D eigenvalue weighted by molar-refractivity contribution is -0.132. The molecule has 1 amide bonds. The van der Waals surface area contributed by atoms with Crippen LogP contribution in [0.3, 0.4) is 0 Å². The third kappa shape index (κ3) is 3.78. The van der Waals surface area contributed by atoms with E-state index in [9.17, 15) is 9.18 Å². The van der Waals surface area contributed by atoms with Crippen LogP contribution in [0, 0.1) is 23.1 Å². The van der Waals surface area contributed by atoms with Gasteiger partial charge in [-0.15, -0.1) is 0 Å². The first kappa shape index (κ1) is 13.5. The second-order valence-electron chi connectivity index (χ2n) is 4.91. The van der Waals surface area contributed by atoms with Crippen LogP contribution < -0.4 is 0 Å². The van der Waals surface area contributed by atoms with E-state index in [1.54, 1.807) is 6.07 Å². The first-order valence-electron chi connectivity index (χ1n) is 6.61. The molecule has 2 rings (SSSR count). The molecular weight excluding hydrogens is 243 g/mol. The first-order chi connectivity index (χ1) is 9.19. The summed E-state index contributed by atoms with van der Waals surface area (Å²) in [6.45, 7) is 1.33. The Morgan fingerprint density at radius 3 is 2.79 bits per heavy atom. The van der Waals surface area contributed by atoms with Gasteiger partial charge in [-0.3, -0.25) is 4.79 Å². The number of rotatable bonds is 3.